The van der Waals surface area contributed by atoms with E-state index < -0.39 is 33.5 Å². The number of alkyl halides is 6. The maximum atomic E-state index is 13.2. The molecule has 2 heterocycles. The van der Waals surface area contributed by atoms with Crippen LogP contribution < -0.4 is 9.64 Å². The summed E-state index contributed by atoms with van der Waals surface area (Å²) in [4.78, 5) is 14.1. The fraction of sp³-hybridized carbons (Fsp3) is 0.591. The summed E-state index contributed by atoms with van der Waals surface area (Å²) in [6.45, 7) is 2.07. The van der Waals surface area contributed by atoms with Crippen molar-refractivity contribution in [3.05, 3.63) is 38.9 Å². The molecule has 0 radical (unpaired) electrons. The van der Waals surface area contributed by atoms with Gasteiger partial charge in [-0.3, -0.25) is 10.1 Å². The smallest absolute Gasteiger partial charge is 0.445 e. The minimum Gasteiger partial charge on any atom is -0.490 e. The molecule has 0 bridgehead atoms. The lowest BCUT2D eigenvalue weighted by atomic mass is 9.95. The second-order valence-corrected chi connectivity index (χ2v) is 10.4. The highest BCUT2D eigenvalue weighted by Gasteiger charge is 2.39. The maximum absolute atomic E-state index is 13.2. The van der Waals surface area contributed by atoms with Gasteiger partial charge in [0.15, 0.2) is 0 Å². The highest BCUT2D eigenvalue weighted by atomic mass is 32.1. The number of rotatable bonds is 7. The normalized spacial score (nSPS) is 20.7. The molecule has 0 unspecified atom stereocenters. The SMILES string of the molecule is O=[N+]([O-])c1ccc(OC2CCC(OCC(=S)N3CCN(c4nnc(C(F)(F)F)s4)CC3)CC2)cc1C(F)(F)F. The van der Waals surface area contributed by atoms with Crippen molar-refractivity contribution in [3.63, 3.8) is 0 Å². The molecule has 2 aliphatic rings. The molecular formula is C22H23F6N5O4S2. The van der Waals surface area contributed by atoms with Crippen molar-refractivity contribution < 1.29 is 40.7 Å². The Bertz CT molecular complexity index is 1180. The number of nitrogens with zero attached hydrogens (tertiary/aromatic N) is 5. The average molecular weight is 600 g/mol. The fourth-order valence-electron chi connectivity index (χ4n) is 4.37. The summed E-state index contributed by atoms with van der Waals surface area (Å²) in [5.41, 5.74) is -2.38. The van der Waals surface area contributed by atoms with Gasteiger partial charge >= 0.3 is 12.4 Å². The van der Waals surface area contributed by atoms with E-state index in [4.69, 9.17) is 21.7 Å². The molecule has 39 heavy (non-hydrogen) atoms. The first-order valence-electron chi connectivity index (χ1n) is 11.9. The summed E-state index contributed by atoms with van der Waals surface area (Å²) in [5.74, 6) is -0.0826. The second kappa shape index (κ2) is 11.8. The van der Waals surface area contributed by atoms with E-state index in [1.807, 2.05) is 4.90 Å². The van der Waals surface area contributed by atoms with Gasteiger partial charge in [0.05, 0.1) is 23.7 Å². The van der Waals surface area contributed by atoms with Gasteiger partial charge in [0.1, 0.15) is 16.3 Å². The lowest BCUT2D eigenvalue weighted by molar-refractivity contribution is -0.388. The van der Waals surface area contributed by atoms with Crippen LogP contribution in [0.25, 0.3) is 0 Å². The third-order valence-corrected chi connectivity index (χ3v) is 7.80. The van der Waals surface area contributed by atoms with Gasteiger partial charge in [0.2, 0.25) is 10.1 Å². The first-order chi connectivity index (χ1) is 18.3. The van der Waals surface area contributed by atoms with Crippen LogP contribution in [-0.2, 0) is 17.1 Å². The van der Waals surface area contributed by atoms with Crippen molar-refractivity contribution >= 4 is 39.4 Å². The summed E-state index contributed by atoms with van der Waals surface area (Å²) in [6.07, 6.45) is -7.64. The van der Waals surface area contributed by atoms with Crippen LogP contribution in [0.4, 0.5) is 37.2 Å². The second-order valence-electron chi connectivity index (χ2n) is 9.02. The van der Waals surface area contributed by atoms with E-state index in [-0.39, 0.29) is 29.7 Å². The molecular weight excluding hydrogens is 576 g/mol. The molecule has 4 rings (SSSR count). The number of halogens is 6. The molecule has 1 aromatic carbocycles. The molecule has 1 aliphatic heterocycles. The third kappa shape index (κ3) is 7.45. The lowest BCUT2D eigenvalue weighted by Crippen LogP contribution is -2.49. The number of piperazine rings is 1. The van der Waals surface area contributed by atoms with Crippen LogP contribution in [0.15, 0.2) is 18.2 Å². The first-order valence-corrected chi connectivity index (χ1v) is 13.1. The van der Waals surface area contributed by atoms with E-state index in [1.54, 1.807) is 4.90 Å². The van der Waals surface area contributed by atoms with E-state index >= 15 is 0 Å². The van der Waals surface area contributed by atoms with Crippen molar-refractivity contribution in [2.45, 2.75) is 50.2 Å². The Labute approximate surface area is 227 Å². The zero-order valence-corrected chi connectivity index (χ0v) is 21.8. The molecule has 1 aromatic heterocycles. The fourth-order valence-corrected chi connectivity index (χ4v) is 5.38. The summed E-state index contributed by atoms with van der Waals surface area (Å²) >= 11 is 5.98. The van der Waals surface area contributed by atoms with Crippen LogP contribution in [0.5, 0.6) is 5.75 Å². The monoisotopic (exact) mass is 599 g/mol. The predicted octanol–water partition coefficient (Wildman–Crippen LogP) is 5.34. The highest BCUT2D eigenvalue weighted by molar-refractivity contribution is 7.80. The number of ether oxygens (including phenoxy) is 2. The molecule has 1 aliphatic carbocycles. The van der Waals surface area contributed by atoms with Crippen molar-refractivity contribution in [2.24, 2.45) is 0 Å². The molecule has 1 saturated carbocycles. The molecule has 214 valence electrons. The first kappa shape index (κ1) is 29.2. The van der Waals surface area contributed by atoms with Crippen molar-refractivity contribution in [1.29, 1.82) is 0 Å². The molecule has 17 heteroatoms. The van der Waals surface area contributed by atoms with E-state index in [0.29, 0.717) is 74.3 Å². The zero-order chi connectivity index (χ0) is 28.4. The van der Waals surface area contributed by atoms with Gasteiger partial charge in [-0.25, -0.2) is 0 Å². The average Bonchev–Trinajstić information content (AvgIpc) is 3.39. The lowest BCUT2D eigenvalue weighted by Gasteiger charge is -2.36. The van der Waals surface area contributed by atoms with E-state index in [9.17, 15) is 36.5 Å². The van der Waals surface area contributed by atoms with Crippen LogP contribution in [-0.4, -0.2) is 70.0 Å². The summed E-state index contributed by atoms with van der Waals surface area (Å²) in [7, 11) is 0. The molecule has 1 saturated heterocycles. The number of aromatic nitrogens is 2. The van der Waals surface area contributed by atoms with Gasteiger partial charge in [-0.1, -0.05) is 23.6 Å². The van der Waals surface area contributed by atoms with E-state index in [0.717, 1.165) is 12.1 Å². The van der Waals surface area contributed by atoms with Crippen molar-refractivity contribution in [1.82, 2.24) is 15.1 Å². The Morgan fingerprint density at radius 2 is 1.67 bits per heavy atom. The number of thiocarbonyl (C=S) groups is 1. The molecule has 0 N–H and O–H groups in total. The number of benzene rings is 1. The largest absolute Gasteiger partial charge is 0.490 e. The Morgan fingerprint density at radius 3 is 2.23 bits per heavy atom. The third-order valence-electron chi connectivity index (χ3n) is 6.40. The summed E-state index contributed by atoms with van der Waals surface area (Å²) < 4.78 is 89.5. The quantitative estimate of drug-likeness (QED) is 0.181. The summed E-state index contributed by atoms with van der Waals surface area (Å²) in [6, 6.07) is 2.61. The molecule has 2 fully saturated rings. The van der Waals surface area contributed by atoms with Crippen LogP contribution in [0.3, 0.4) is 0 Å². The minimum atomic E-state index is -4.88. The van der Waals surface area contributed by atoms with E-state index in [1.165, 1.54) is 0 Å². The van der Waals surface area contributed by atoms with Gasteiger partial charge in [0, 0.05) is 32.2 Å². The predicted molar refractivity (Wildman–Crippen MR) is 132 cm³/mol. The van der Waals surface area contributed by atoms with Crippen LogP contribution in [0.1, 0.15) is 36.3 Å². The Balaban J connectivity index is 1.19. The van der Waals surface area contributed by atoms with Crippen molar-refractivity contribution in [3.8, 4) is 5.75 Å². The Hall–Kier alpha value is -2.79. The topological polar surface area (TPSA) is 93.9 Å². The van der Waals surface area contributed by atoms with Crippen LogP contribution in [0.2, 0.25) is 0 Å². The molecule has 0 spiro atoms. The van der Waals surface area contributed by atoms with Crippen molar-refractivity contribution in [2.75, 3.05) is 37.7 Å². The Kier molecular flexibility index (Phi) is 8.80. The molecule has 0 amide bonds. The molecule has 2 aromatic rings. The van der Waals surface area contributed by atoms with Gasteiger partial charge in [-0.15, -0.1) is 10.2 Å². The van der Waals surface area contributed by atoms with Gasteiger partial charge < -0.3 is 19.3 Å². The van der Waals surface area contributed by atoms with Gasteiger partial charge in [-0.2, -0.15) is 26.3 Å². The number of hydrogen-bond acceptors (Lipinski definition) is 9. The number of hydrogen-bond donors (Lipinski definition) is 0. The van der Waals surface area contributed by atoms with Gasteiger partial charge in [-0.05, 0) is 37.8 Å². The minimum absolute atomic E-state index is 0.0826. The van der Waals surface area contributed by atoms with E-state index in [2.05, 4.69) is 10.2 Å². The highest BCUT2D eigenvalue weighted by Crippen LogP contribution is 2.39. The maximum Gasteiger partial charge on any atom is 0.445 e. The van der Waals surface area contributed by atoms with Crippen LogP contribution >= 0.6 is 23.6 Å². The number of nitro benzene ring substituents is 1. The summed E-state index contributed by atoms with van der Waals surface area (Å²) in [5, 5.41) is 17.0. The Morgan fingerprint density at radius 1 is 1.03 bits per heavy atom. The number of nitro groups is 1. The van der Waals surface area contributed by atoms with Crippen LogP contribution in [0, 0.1) is 10.1 Å². The van der Waals surface area contributed by atoms with Gasteiger partial charge in [0.25, 0.3) is 5.69 Å². The zero-order valence-electron chi connectivity index (χ0n) is 20.2. The standard InChI is InChI=1S/C22H23F6N5O4S2/c23-21(24,25)16-11-15(5-6-17(16)33(34)35)37-14-3-1-13(2-4-14)36-12-18(38)31-7-9-32(10-8-31)20-30-29-19(39-20)22(26,27)28/h5-6,11,13-14H,1-4,7-10,12H2. The number of anilines is 1. The molecule has 9 nitrogen and oxygen atoms in total. The molecule has 0 atom stereocenters.